The Labute approximate surface area is 311 Å². The summed E-state index contributed by atoms with van der Waals surface area (Å²) < 4.78 is 13.0. The Morgan fingerprint density at radius 2 is 1.44 bits per heavy atom. The first-order valence-corrected chi connectivity index (χ1v) is 18.6. The number of aliphatic imine (C=N–C) groups is 1. The van der Waals surface area contributed by atoms with E-state index in [-0.39, 0.29) is 5.82 Å². The van der Waals surface area contributed by atoms with Crippen LogP contribution in [0.3, 0.4) is 0 Å². The molecule has 2 nitrogen and oxygen atoms in total. The fraction of sp³-hybridized carbons (Fsp3) is 0.468. The second-order valence-electron chi connectivity index (χ2n) is 11.9. The third-order valence-electron chi connectivity index (χ3n) is 7.39. The number of allylic oxidation sites excluding steroid dienone is 9. The number of aryl methyl sites for hydroxylation is 3. The lowest BCUT2D eigenvalue weighted by atomic mass is 10.0. The zero-order valence-electron chi connectivity index (χ0n) is 35.7. The summed E-state index contributed by atoms with van der Waals surface area (Å²) in [6.07, 6.45) is 15.1. The van der Waals surface area contributed by atoms with Crippen molar-refractivity contribution in [1.82, 2.24) is 4.90 Å². The van der Waals surface area contributed by atoms with Crippen LogP contribution in [0.4, 0.5) is 4.39 Å². The van der Waals surface area contributed by atoms with E-state index >= 15 is 0 Å². The Morgan fingerprint density at radius 1 is 0.840 bits per heavy atom. The van der Waals surface area contributed by atoms with Gasteiger partial charge in [-0.15, -0.1) is 0 Å². The zero-order chi connectivity index (χ0) is 39.7. The lowest BCUT2D eigenvalue weighted by molar-refractivity contribution is 0.327. The van der Waals surface area contributed by atoms with Gasteiger partial charge in [0.15, 0.2) is 0 Å². The molecule has 0 heterocycles. The number of nitrogens with zero attached hydrogens (tertiary/aromatic N) is 2. The van der Waals surface area contributed by atoms with E-state index in [1.807, 2.05) is 98.9 Å². The minimum Gasteiger partial charge on any atom is -0.302 e. The van der Waals surface area contributed by atoms with Crippen LogP contribution in [0.15, 0.2) is 108 Å². The van der Waals surface area contributed by atoms with E-state index in [2.05, 4.69) is 95.9 Å². The second-order valence-corrected chi connectivity index (χ2v) is 11.9. The smallest absolute Gasteiger partial charge is 0.126 e. The van der Waals surface area contributed by atoms with Crippen molar-refractivity contribution in [1.29, 1.82) is 0 Å². The molecule has 0 aliphatic heterocycles. The van der Waals surface area contributed by atoms with Crippen molar-refractivity contribution in [2.24, 2.45) is 4.99 Å². The van der Waals surface area contributed by atoms with Crippen molar-refractivity contribution in [3.05, 3.63) is 136 Å². The predicted molar refractivity (Wildman–Crippen MR) is 231 cm³/mol. The van der Waals surface area contributed by atoms with Crippen LogP contribution in [0, 0.1) is 26.6 Å². The Balaban J connectivity index is -0.000000279. The fourth-order valence-electron chi connectivity index (χ4n) is 3.72. The first kappa shape index (κ1) is 53.2. The molecule has 0 aliphatic carbocycles. The molecular weight excluding hydrogens is 612 g/mol. The van der Waals surface area contributed by atoms with Gasteiger partial charge in [-0.25, -0.2) is 4.39 Å². The van der Waals surface area contributed by atoms with E-state index < -0.39 is 0 Å². The fourth-order valence-corrected chi connectivity index (χ4v) is 3.72. The van der Waals surface area contributed by atoms with Gasteiger partial charge in [-0.3, -0.25) is 4.99 Å². The molecule has 0 saturated heterocycles. The number of hydrogen-bond acceptors (Lipinski definition) is 2. The van der Waals surface area contributed by atoms with Crippen molar-refractivity contribution in [3.63, 3.8) is 0 Å². The summed E-state index contributed by atoms with van der Waals surface area (Å²) in [4.78, 5) is 6.46. The van der Waals surface area contributed by atoms with E-state index in [1.54, 1.807) is 13.0 Å². The maximum absolute atomic E-state index is 13.0. The van der Waals surface area contributed by atoms with Gasteiger partial charge in [-0.2, -0.15) is 0 Å². The van der Waals surface area contributed by atoms with Gasteiger partial charge in [-0.1, -0.05) is 127 Å². The standard InChI is InChI=1S/C13H15F.C13H21N.C10H16.C7H13N.2C2H6/c1-5-9(2)11(4)12-6-7-13(14)10(3)8-12;1-5-8-14(4)10-13-7-6-11(2)12(3)9-13;1-5-10(4)8-6-7-9(2)3;1-4-6-8-7(3)5-2;2*1-2/h5-8H,1H2,2-4H3;6-7,9H,5,8,10H2,1-4H3;6-8H,2,5H2,1,3-4H3;4,6H,5H2,1-3H3;2*1-2H3/b11-9-;;7-6-,10-8+;6-4-,8-7?;;. The lowest BCUT2D eigenvalue weighted by Crippen LogP contribution is -2.18. The van der Waals surface area contributed by atoms with E-state index in [1.165, 1.54) is 47.0 Å². The number of benzene rings is 2. The van der Waals surface area contributed by atoms with Crippen molar-refractivity contribution in [2.75, 3.05) is 13.6 Å². The van der Waals surface area contributed by atoms with Crippen molar-refractivity contribution < 1.29 is 4.39 Å². The molecule has 2 aromatic rings. The van der Waals surface area contributed by atoms with Gasteiger partial charge in [0.05, 0.1) is 0 Å². The highest BCUT2D eigenvalue weighted by atomic mass is 19.1. The molecule has 50 heavy (non-hydrogen) atoms. The Hall–Kier alpha value is -3.56. The third kappa shape index (κ3) is 29.4. The molecule has 2 rings (SSSR count). The highest BCUT2D eigenvalue weighted by molar-refractivity contribution is 5.82. The van der Waals surface area contributed by atoms with Gasteiger partial charge >= 0.3 is 0 Å². The molecule has 0 unspecified atom stereocenters. The molecule has 3 heteroatoms. The van der Waals surface area contributed by atoms with Gasteiger partial charge in [0.2, 0.25) is 0 Å². The number of rotatable bonds is 11. The average molecular weight is 689 g/mol. The van der Waals surface area contributed by atoms with E-state index in [4.69, 9.17) is 0 Å². The van der Waals surface area contributed by atoms with Crippen LogP contribution >= 0.6 is 0 Å². The summed E-state index contributed by atoms with van der Waals surface area (Å²) in [6, 6.07) is 11.9. The van der Waals surface area contributed by atoms with Crippen LogP contribution in [0.25, 0.3) is 5.57 Å². The first-order chi connectivity index (χ1) is 23.7. The van der Waals surface area contributed by atoms with Crippen molar-refractivity contribution in [2.45, 2.75) is 137 Å². The molecule has 0 radical (unpaired) electrons. The van der Waals surface area contributed by atoms with Crippen LogP contribution in [0.1, 0.15) is 137 Å². The largest absolute Gasteiger partial charge is 0.302 e. The molecule has 282 valence electrons. The summed E-state index contributed by atoms with van der Waals surface area (Å²) in [7, 11) is 2.18. The molecule has 2 aromatic carbocycles. The van der Waals surface area contributed by atoms with E-state index in [0.717, 1.165) is 41.7 Å². The van der Waals surface area contributed by atoms with Gasteiger partial charge in [0.25, 0.3) is 0 Å². The summed E-state index contributed by atoms with van der Waals surface area (Å²) in [5, 5.41) is 0. The van der Waals surface area contributed by atoms with Crippen LogP contribution in [0.2, 0.25) is 0 Å². The van der Waals surface area contributed by atoms with Crippen LogP contribution in [0.5, 0.6) is 0 Å². The Morgan fingerprint density at radius 3 is 1.88 bits per heavy atom. The molecule has 0 atom stereocenters. The highest BCUT2D eigenvalue weighted by Crippen LogP contribution is 2.21. The lowest BCUT2D eigenvalue weighted by Gasteiger charge is -2.16. The minimum absolute atomic E-state index is 0.155. The average Bonchev–Trinajstić information content (AvgIpc) is 3.11. The maximum Gasteiger partial charge on any atom is 0.126 e. The van der Waals surface area contributed by atoms with Crippen LogP contribution < -0.4 is 0 Å². The highest BCUT2D eigenvalue weighted by Gasteiger charge is 2.02. The summed E-state index contributed by atoms with van der Waals surface area (Å²) in [5.74, 6) is -0.155. The predicted octanol–water partition coefficient (Wildman–Crippen LogP) is 15.2. The van der Waals surface area contributed by atoms with Gasteiger partial charge in [-0.05, 0) is 146 Å². The second kappa shape index (κ2) is 35.3. The zero-order valence-corrected chi connectivity index (χ0v) is 35.7. The quantitative estimate of drug-likeness (QED) is 0.169. The molecule has 0 spiro atoms. The molecule has 0 fully saturated rings. The monoisotopic (exact) mass is 689 g/mol. The van der Waals surface area contributed by atoms with Crippen molar-refractivity contribution >= 4 is 11.3 Å². The first-order valence-electron chi connectivity index (χ1n) is 18.6. The Kier molecular flexibility index (Phi) is 37.6. The molecule has 0 aliphatic rings. The maximum atomic E-state index is 13.0. The van der Waals surface area contributed by atoms with Gasteiger partial charge in [0, 0.05) is 18.5 Å². The normalized spacial score (nSPS) is 11.3. The van der Waals surface area contributed by atoms with E-state index in [9.17, 15) is 4.39 Å². The molecule has 0 N–H and O–H groups in total. The minimum atomic E-state index is -0.155. The van der Waals surface area contributed by atoms with Gasteiger partial charge in [0.1, 0.15) is 5.82 Å². The molecule has 0 amide bonds. The molecular formula is C47H77FN2. The topological polar surface area (TPSA) is 15.6 Å². The number of hydrogen-bond donors (Lipinski definition) is 0. The molecule has 0 bridgehead atoms. The third-order valence-corrected chi connectivity index (χ3v) is 7.39. The summed E-state index contributed by atoms with van der Waals surface area (Å²) in [5.41, 5.74) is 11.9. The summed E-state index contributed by atoms with van der Waals surface area (Å²) >= 11 is 0. The molecule has 0 aromatic heterocycles. The Bertz CT molecular complexity index is 1330. The van der Waals surface area contributed by atoms with Crippen LogP contribution in [-0.2, 0) is 6.54 Å². The van der Waals surface area contributed by atoms with Crippen LogP contribution in [-0.4, -0.2) is 24.2 Å². The molecule has 0 saturated carbocycles. The van der Waals surface area contributed by atoms with Crippen molar-refractivity contribution in [3.8, 4) is 0 Å². The number of halogens is 1. The SMILES string of the molecule is C/C=C\N=C(C)CC.C=C(C)/C=C\C=C(/C)CC.C=C/C(C)=C(/C)c1ccc(F)c(C)c1.CC.CC.CCCN(C)Cc1ccc(C)c(C)c1. The van der Waals surface area contributed by atoms with Gasteiger partial charge < -0.3 is 4.90 Å². The van der Waals surface area contributed by atoms with E-state index in [0.29, 0.717) is 5.56 Å². The summed E-state index contributed by atoms with van der Waals surface area (Å²) in [6.45, 7) is 42.4.